The molecule has 19 heavy (non-hydrogen) atoms. The van der Waals surface area contributed by atoms with Gasteiger partial charge in [-0.1, -0.05) is 37.6 Å². The summed E-state index contributed by atoms with van der Waals surface area (Å²) in [5.41, 5.74) is 2.85. The fourth-order valence-electron chi connectivity index (χ4n) is 3.12. The van der Waals surface area contributed by atoms with Crippen LogP contribution in [0.1, 0.15) is 37.3 Å². The maximum atomic E-state index is 3.67. The van der Waals surface area contributed by atoms with E-state index in [2.05, 4.69) is 55.4 Å². The molecule has 2 unspecified atom stereocenters. The van der Waals surface area contributed by atoms with Crippen molar-refractivity contribution in [3.8, 4) is 0 Å². The van der Waals surface area contributed by atoms with Crippen molar-refractivity contribution in [1.82, 2.24) is 10.2 Å². The zero-order valence-corrected chi connectivity index (χ0v) is 12.7. The van der Waals surface area contributed by atoms with Crippen molar-refractivity contribution in [2.24, 2.45) is 5.92 Å². The van der Waals surface area contributed by atoms with Gasteiger partial charge in [-0.3, -0.25) is 0 Å². The smallest absolute Gasteiger partial charge is 0.0233 e. The van der Waals surface area contributed by atoms with Crippen molar-refractivity contribution in [1.29, 1.82) is 0 Å². The molecule has 0 aliphatic carbocycles. The third kappa shape index (κ3) is 4.32. The van der Waals surface area contributed by atoms with E-state index in [1.54, 1.807) is 0 Å². The minimum atomic E-state index is 0.674. The van der Waals surface area contributed by atoms with Crippen molar-refractivity contribution in [2.75, 3.05) is 20.1 Å². The molecular formula is C17H28N2. The summed E-state index contributed by atoms with van der Waals surface area (Å²) < 4.78 is 0. The van der Waals surface area contributed by atoms with Crippen molar-refractivity contribution in [3.05, 3.63) is 35.4 Å². The summed E-state index contributed by atoms with van der Waals surface area (Å²) in [6.45, 7) is 7.94. The van der Waals surface area contributed by atoms with E-state index < -0.39 is 0 Å². The van der Waals surface area contributed by atoms with Crippen molar-refractivity contribution >= 4 is 0 Å². The van der Waals surface area contributed by atoms with Gasteiger partial charge in [-0.05, 0) is 50.4 Å². The molecule has 1 N–H and O–H groups in total. The third-order valence-corrected chi connectivity index (χ3v) is 4.41. The number of aryl methyl sites for hydroxylation is 1. The predicted molar refractivity (Wildman–Crippen MR) is 82.3 cm³/mol. The summed E-state index contributed by atoms with van der Waals surface area (Å²) in [5, 5.41) is 3.67. The molecule has 0 saturated carbocycles. The van der Waals surface area contributed by atoms with Crippen LogP contribution in [0.4, 0.5) is 0 Å². The highest BCUT2D eigenvalue weighted by Crippen LogP contribution is 2.20. The summed E-state index contributed by atoms with van der Waals surface area (Å²) in [5.74, 6) is 0.929. The molecular weight excluding hydrogens is 232 g/mol. The molecule has 1 aromatic carbocycles. The Morgan fingerprint density at radius 1 is 1.32 bits per heavy atom. The van der Waals surface area contributed by atoms with Crippen LogP contribution < -0.4 is 5.32 Å². The molecule has 2 atom stereocenters. The summed E-state index contributed by atoms with van der Waals surface area (Å²) in [7, 11) is 2.24. The first-order valence-electron chi connectivity index (χ1n) is 7.65. The van der Waals surface area contributed by atoms with Crippen LogP contribution in [-0.2, 0) is 6.54 Å². The fourth-order valence-corrected chi connectivity index (χ4v) is 3.12. The lowest BCUT2D eigenvalue weighted by Gasteiger charge is -2.32. The quantitative estimate of drug-likeness (QED) is 0.874. The molecule has 2 rings (SSSR count). The monoisotopic (exact) mass is 260 g/mol. The van der Waals surface area contributed by atoms with Crippen LogP contribution in [0.5, 0.6) is 0 Å². The van der Waals surface area contributed by atoms with Crippen LogP contribution in [0.25, 0.3) is 0 Å². The molecule has 0 aromatic heterocycles. The molecule has 2 nitrogen and oxygen atoms in total. The van der Waals surface area contributed by atoms with Crippen molar-refractivity contribution < 1.29 is 0 Å². The summed E-state index contributed by atoms with van der Waals surface area (Å²) in [6.07, 6.45) is 4.03. The molecule has 1 heterocycles. The molecule has 0 amide bonds. The minimum absolute atomic E-state index is 0.674. The number of hydrogen-bond acceptors (Lipinski definition) is 2. The Morgan fingerprint density at radius 3 is 2.84 bits per heavy atom. The van der Waals surface area contributed by atoms with E-state index in [9.17, 15) is 0 Å². The minimum Gasteiger partial charge on any atom is -0.313 e. The Balaban J connectivity index is 1.84. The van der Waals surface area contributed by atoms with Gasteiger partial charge in [0.2, 0.25) is 0 Å². The topological polar surface area (TPSA) is 15.3 Å². The normalized spacial score (nSPS) is 23.8. The highest BCUT2D eigenvalue weighted by molar-refractivity contribution is 5.25. The highest BCUT2D eigenvalue weighted by atomic mass is 15.1. The highest BCUT2D eigenvalue weighted by Gasteiger charge is 2.21. The van der Waals surface area contributed by atoms with E-state index in [-0.39, 0.29) is 0 Å². The average molecular weight is 260 g/mol. The lowest BCUT2D eigenvalue weighted by Crippen LogP contribution is -2.44. The molecule has 0 radical (unpaired) electrons. The van der Waals surface area contributed by atoms with Crippen molar-refractivity contribution in [2.45, 2.75) is 45.7 Å². The molecule has 1 saturated heterocycles. The molecule has 2 heteroatoms. The molecule has 1 fully saturated rings. The van der Waals surface area contributed by atoms with Crippen LogP contribution in [0, 0.1) is 12.8 Å². The third-order valence-electron chi connectivity index (χ3n) is 4.41. The molecule has 1 aliphatic rings. The van der Waals surface area contributed by atoms with E-state index >= 15 is 0 Å². The summed E-state index contributed by atoms with van der Waals surface area (Å²) in [6, 6.07) is 9.38. The first-order valence-corrected chi connectivity index (χ1v) is 7.65. The van der Waals surface area contributed by atoms with Gasteiger partial charge in [0, 0.05) is 19.1 Å². The number of benzene rings is 1. The van der Waals surface area contributed by atoms with Gasteiger partial charge in [0.05, 0.1) is 0 Å². The number of nitrogens with one attached hydrogen (secondary N) is 1. The summed E-state index contributed by atoms with van der Waals surface area (Å²) >= 11 is 0. The number of hydrogen-bond donors (Lipinski definition) is 1. The van der Waals surface area contributed by atoms with E-state index in [0.717, 1.165) is 19.0 Å². The number of likely N-dealkylation sites (N-methyl/N-ethyl adjacent to an activating group) is 1. The van der Waals surface area contributed by atoms with Gasteiger partial charge in [-0.15, -0.1) is 0 Å². The molecule has 1 aromatic rings. The van der Waals surface area contributed by atoms with Crippen LogP contribution in [-0.4, -0.2) is 31.1 Å². The van der Waals surface area contributed by atoms with Crippen LogP contribution in [0.15, 0.2) is 24.3 Å². The van der Waals surface area contributed by atoms with Crippen LogP contribution in [0.2, 0.25) is 0 Å². The standard InChI is InChI=1S/C17H28N2/c1-4-15-9-10-18-17(11-15)13-19(3)12-16-8-6-5-7-14(16)2/h5-8,15,17-18H,4,9-13H2,1-3H3. The molecule has 0 spiro atoms. The summed E-state index contributed by atoms with van der Waals surface area (Å²) in [4.78, 5) is 2.46. The SMILES string of the molecule is CCC1CCNC(CN(C)Cc2ccccc2C)C1. The van der Waals surface area contributed by atoms with E-state index in [4.69, 9.17) is 0 Å². The first kappa shape index (κ1) is 14.5. The van der Waals surface area contributed by atoms with Crippen molar-refractivity contribution in [3.63, 3.8) is 0 Å². The van der Waals surface area contributed by atoms with Gasteiger partial charge in [-0.2, -0.15) is 0 Å². The fraction of sp³-hybridized carbons (Fsp3) is 0.647. The molecule has 0 bridgehead atoms. The zero-order valence-electron chi connectivity index (χ0n) is 12.7. The Hall–Kier alpha value is -0.860. The second kappa shape index (κ2) is 7.06. The second-order valence-corrected chi connectivity index (χ2v) is 6.07. The number of nitrogens with zero attached hydrogens (tertiary/aromatic N) is 1. The lowest BCUT2D eigenvalue weighted by molar-refractivity contribution is 0.220. The van der Waals surface area contributed by atoms with E-state index in [0.29, 0.717) is 6.04 Å². The van der Waals surface area contributed by atoms with Gasteiger partial charge in [0.1, 0.15) is 0 Å². The molecule has 1 aliphatic heterocycles. The maximum Gasteiger partial charge on any atom is 0.0233 e. The van der Waals surface area contributed by atoms with E-state index in [1.807, 2.05) is 0 Å². The van der Waals surface area contributed by atoms with Gasteiger partial charge in [0.15, 0.2) is 0 Å². The van der Waals surface area contributed by atoms with Gasteiger partial charge in [-0.25, -0.2) is 0 Å². The number of piperidine rings is 1. The first-order chi connectivity index (χ1) is 9.19. The zero-order chi connectivity index (χ0) is 13.7. The number of rotatable bonds is 5. The largest absolute Gasteiger partial charge is 0.313 e. The van der Waals surface area contributed by atoms with Crippen LogP contribution >= 0.6 is 0 Å². The molecule has 106 valence electrons. The lowest BCUT2D eigenvalue weighted by atomic mass is 9.90. The van der Waals surface area contributed by atoms with Gasteiger partial charge < -0.3 is 10.2 Å². The Bertz CT molecular complexity index is 389. The average Bonchev–Trinajstić information content (AvgIpc) is 2.41. The Kier molecular flexibility index (Phi) is 5.41. The Morgan fingerprint density at radius 2 is 2.11 bits per heavy atom. The second-order valence-electron chi connectivity index (χ2n) is 6.07. The van der Waals surface area contributed by atoms with Gasteiger partial charge in [0.25, 0.3) is 0 Å². The van der Waals surface area contributed by atoms with Crippen LogP contribution in [0.3, 0.4) is 0 Å². The van der Waals surface area contributed by atoms with E-state index in [1.165, 1.54) is 36.9 Å². The Labute approximate surface area is 118 Å². The predicted octanol–water partition coefficient (Wildman–Crippen LogP) is 3.21. The maximum absolute atomic E-state index is 3.67. The van der Waals surface area contributed by atoms with Gasteiger partial charge >= 0.3 is 0 Å².